The van der Waals surface area contributed by atoms with Crippen LogP contribution in [-0.4, -0.2) is 27.9 Å². The largest absolute Gasteiger partial charge is 0.448 e. The highest BCUT2D eigenvalue weighted by Gasteiger charge is 2.24. The number of thiophene rings is 1. The van der Waals surface area contributed by atoms with Crippen molar-refractivity contribution in [2.45, 2.75) is 33.8 Å². The van der Waals surface area contributed by atoms with Gasteiger partial charge in [0, 0.05) is 5.69 Å². The van der Waals surface area contributed by atoms with Gasteiger partial charge in [0.25, 0.3) is 11.5 Å². The van der Waals surface area contributed by atoms with E-state index < -0.39 is 18.0 Å². The Labute approximate surface area is 159 Å². The van der Waals surface area contributed by atoms with Crippen molar-refractivity contribution in [2.24, 2.45) is 0 Å². The minimum Gasteiger partial charge on any atom is -0.448 e. The van der Waals surface area contributed by atoms with E-state index in [1.54, 1.807) is 19.9 Å². The number of hydrogen-bond acceptors (Lipinski definition) is 6. The number of rotatable bonds is 4. The maximum absolute atomic E-state index is 12.5. The van der Waals surface area contributed by atoms with E-state index in [1.165, 1.54) is 6.92 Å². The molecule has 1 unspecified atom stereocenters. The zero-order valence-electron chi connectivity index (χ0n) is 15.4. The molecule has 0 saturated heterocycles. The molecule has 140 valence electrons. The van der Waals surface area contributed by atoms with Gasteiger partial charge in [-0.25, -0.2) is 9.78 Å². The minimum atomic E-state index is -0.990. The fourth-order valence-electron chi connectivity index (χ4n) is 2.68. The molecule has 3 aromatic rings. The van der Waals surface area contributed by atoms with Crippen LogP contribution in [0, 0.1) is 20.8 Å². The second kappa shape index (κ2) is 7.32. The Morgan fingerprint density at radius 3 is 2.70 bits per heavy atom. The summed E-state index contributed by atoms with van der Waals surface area (Å²) < 4.78 is 5.30. The zero-order valence-corrected chi connectivity index (χ0v) is 16.2. The SMILES string of the molecule is Cc1cccc(NC(=O)C(C)OC(=O)c2sc3nc(C)[nH]c(=O)c3c2C)c1. The number of anilines is 1. The molecular weight excluding hydrogens is 366 g/mol. The molecule has 0 bridgehead atoms. The fourth-order valence-corrected chi connectivity index (χ4v) is 3.79. The van der Waals surface area contributed by atoms with Crippen LogP contribution in [-0.2, 0) is 9.53 Å². The molecule has 8 heteroatoms. The van der Waals surface area contributed by atoms with Gasteiger partial charge < -0.3 is 15.0 Å². The molecule has 0 saturated carbocycles. The van der Waals surface area contributed by atoms with Gasteiger partial charge in [0.1, 0.15) is 15.5 Å². The molecular formula is C19H19N3O4S. The van der Waals surface area contributed by atoms with Gasteiger partial charge >= 0.3 is 5.97 Å². The molecule has 0 aliphatic rings. The van der Waals surface area contributed by atoms with E-state index >= 15 is 0 Å². The first-order valence-corrected chi connectivity index (χ1v) is 9.16. The van der Waals surface area contributed by atoms with Crippen molar-refractivity contribution in [3.63, 3.8) is 0 Å². The summed E-state index contributed by atoms with van der Waals surface area (Å²) in [5, 5.41) is 3.09. The van der Waals surface area contributed by atoms with Gasteiger partial charge in [0.05, 0.1) is 5.39 Å². The molecule has 2 heterocycles. The summed E-state index contributed by atoms with van der Waals surface area (Å²) in [5.41, 5.74) is 1.84. The number of aryl methyl sites for hydroxylation is 3. The van der Waals surface area contributed by atoms with Gasteiger partial charge in [-0.15, -0.1) is 11.3 Å². The number of fused-ring (bicyclic) bond motifs is 1. The van der Waals surface area contributed by atoms with E-state index in [1.807, 2.05) is 25.1 Å². The van der Waals surface area contributed by atoms with Gasteiger partial charge in [-0.1, -0.05) is 12.1 Å². The first-order chi connectivity index (χ1) is 12.8. The highest BCUT2D eigenvalue weighted by molar-refractivity contribution is 7.20. The molecule has 27 heavy (non-hydrogen) atoms. The molecule has 0 aliphatic carbocycles. The van der Waals surface area contributed by atoms with Crippen LogP contribution < -0.4 is 10.9 Å². The maximum atomic E-state index is 12.5. The quantitative estimate of drug-likeness (QED) is 0.672. The Kier molecular flexibility index (Phi) is 5.09. The highest BCUT2D eigenvalue weighted by atomic mass is 32.1. The molecule has 7 nitrogen and oxygen atoms in total. The summed E-state index contributed by atoms with van der Waals surface area (Å²) in [5.74, 6) is -0.612. The molecule has 3 rings (SSSR count). The number of ether oxygens (including phenoxy) is 1. The molecule has 0 fully saturated rings. The summed E-state index contributed by atoms with van der Waals surface area (Å²) in [6.07, 6.45) is -0.990. The van der Waals surface area contributed by atoms with Gasteiger partial charge in [-0.05, 0) is 51.0 Å². The highest BCUT2D eigenvalue weighted by Crippen LogP contribution is 2.28. The van der Waals surface area contributed by atoms with E-state index in [-0.39, 0.29) is 10.4 Å². The number of aromatic amines is 1. The number of benzene rings is 1. The number of aromatic nitrogens is 2. The lowest BCUT2D eigenvalue weighted by Crippen LogP contribution is -2.30. The smallest absolute Gasteiger partial charge is 0.349 e. The molecule has 1 amide bonds. The van der Waals surface area contributed by atoms with E-state index in [4.69, 9.17) is 4.74 Å². The molecule has 0 aliphatic heterocycles. The number of nitrogens with zero attached hydrogens (tertiary/aromatic N) is 1. The van der Waals surface area contributed by atoms with Gasteiger partial charge in [0.2, 0.25) is 0 Å². The van der Waals surface area contributed by atoms with Crippen LogP contribution in [0.3, 0.4) is 0 Å². The number of esters is 1. The number of hydrogen-bond donors (Lipinski definition) is 2. The summed E-state index contributed by atoms with van der Waals surface area (Å²) in [4.78, 5) is 44.5. The Hall–Kier alpha value is -3.00. The van der Waals surface area contributed by atoms with Crippen LogP contribution in [0.1, 0.15) is 33.5 Å². The Bertz CT molecular complexity index is 1100. The van der Waals surface area contributed by atoms with Crippen LogP contribution >= 0.6 is 11.3 Å². The fraction of sp³-hybridized carbons (Fsp3) is 0.263. The summed E-state index contributed by atoms with van der Waals surface area (Å²) in [7, 11) is 0. The topological polar surface area (TPSA) is 101 Å². The predicted molar refractivity (Wildman–Crippen MR) is 104 cm³/mol. The van der Waals surface area contributed by atoms with Crippen LogP contribution in [0.5, 0.6) is 0 Å². The minimum absolute atomic E-state index is 0.267. The average Bonchev–Trinajstić information content (AvgIpc) is 2.91. The molecule has 1 atom stereocenters. The average molecular weight is 385 g/mol. The van der Waals surface area contributed by atoms with Crippen molar-refractivity contribution in [1.29, 1.82) is 0 Å². The number of carbonyl (C=O) groups excluding carboxylic acids is 2. The molecule has 2 N–H and O–H groups in total. The van der Waals surface area contributed by atoms with E-state index in [2.05, 4.69) is 15.3 Å². The number of carbonyl (C=O) groups is 2. The number of H-pyrrole nitrogens is 1. The molecule has 2 aromatic heterocycles. The molecule has 1 aromatic carbocycles. The van der Waals surface area contributed by atoms with E-state index in [0.717, 1.165) is 16.9 Å². The second-order valence-electron chi connectivity index (χ2n) is 6.29. The van der Waals surface area contributed by atoms with Gasteiger partial charge in [-0.2, -0.15) is 0 Å². The molecule has 0 spiro atoms. The van der Waals surface area contributed by atoms with Crippen LogP contribution in [0.25, 0.3) is 10.2 Å². The van der Waals surface area contributed by atoms with Crippen molar-refractivity contribution in [3.8, 4) is 0 Å². The third-order valence-corrected chi connectivity index (χ3v) is 5.21. The van der Waals surface area contributed by atoms with Crippen LogP contribution in [0.2, 0.25) is 0 Å². The lowest BCUT2D eigenvalue weighted by Gasteiger charge is -2.13. The van der Waals surface area contributed by atoms with Crippen molar-refractivity contribution in [3.05, 3.63) is 56.4 Å². The van der Waals surface area contributed by atoms with Crippen molar-refractivity contribution >= 4 is 39.1 Å². The summed E-state index contributed by atoms with van der Waals surface area (Å²) in [6.45, 7) is 6.76. The van der Waals surface area contributed by atoms with Gasteiger partial charge in [-0.3, -0.25) is 9.59 Å². The standard InChI is InChI=1S/C19H19N3O4S/c1-9-6-5-7-13(8-9)22-16(23)11(3)26-19(25)15-10(2)14-17(24)20-12(4)21-18(14)27-15/h5-8,11H,1-4H3,(H,22,23)(H,20,21,24). The Balaban J connectivity index is 1.77. The van der Waals surface area contributed by atoms with Crippen molar-refractivity contribution in [2.75, 3.05) is 5.32 Å². The van der Waals surface area contributed by atoms with E-state index in [9.17, 15) is 14.4 Å². The van der Waals surface area contributed by atoms with Crippen LogP contribution in [0.15, 0.2) is 29.1 Å². The first kappa shape index (κ1) is 18.8. The van der Waals surface area contributed by atoms with Crippen molar-refractivity contribution < 1.29 is 14.3 Å². The first-order valence-electron chi connectivity index (χ1n) is 8.35. The summed E-state index contributed by atoms with van der Waals surface area (Å²) in [6, 6.07) is 7.33. The third-order valence-electron chi connectivity index (χ3n) is 4.04. The Morgan fingerprint density at radius 2 is 2.00 bits per heavy atom. The van der Waals surface area contributed by atoms with Crippen LogP contribution in [0.4, 0.5) is 5.69 Å². The number of amides is 1. The summed E-state index contributed by atoms with van der Waals surface area (Å²) >= 11 is 1.08. The zero-order chi connectivity index (χ0) is 19.7. The molecule has 0 radical (unpaired) electrons. The third kappa shape index (κ3) is 3.90. The lowest BCUT2D eigenvalue weighted by atomic mass is 10.2. The van der Waals surface area contributed by atoms with E-state index in [0.29, 0.717) is 27.3 Å². The van der Waals surface area contributed by atoms with Gasteiger partial charge in [0.15, 0.2) is 6.10 Å². The maximum Gasteiger partial charge on any atom is 0.349 e. The van der Waals surface area contributed by atoms with Crippen molar-refractivity contribution in [1.82, 2.24) is 9.97 Å². The predicted octanol–water partition coefficient (Wildman–Crippen LogP) is 3.09. The lowest BCUT2D eigenvalue weighted by molar-refractivity contribution is -0.123. The number of nitrogens with one attached hydrogen (secondary N) is 2. The normalized spacial score (nSPS) is 12.0. The second-order valence-corrected chi connectivity index (χ2v) is 7.29. The Morgan fingerprint density at radius 1 is 1.26 bits per heavy atom. The monoisotopic (exact) mass is 385 g/mol.